The van der Waals surface area contributed by atoms with E-state index in [0.717, 1.165) is 16.9 Å². The van der Waals surface area contributed by atoms with Crippen LogP contribution in [0.1, 0.15) is 32.0 Å². The van der Waals surface area contributed by atoms with Crippen molar-refractivity contribution >= 4 is 11.7 Å². The number of ether oxygens (including phenoxy) is 1. The van der Waals surface area contributed by atoms with E-state index in [4.69, 9.17) is 4.74 Å². The van der Waals surface area contributed by atoms with E-state index in [9.17, 15) is 4.79 Å². The third-order valence-electron chi connectivity index (χ3n) is 2.37. The van der Waals surface area contributed by atoms with Crippen molar-refractivity contribution < 1.29 is 9.53 Å². The zero-order chi connectivity index (χ0) is 14.8. The topological polar surface area (TPSA) is 80.5 Å². The summed E-state index contributed by atoms with van der Waals surface area (Å²) in [6, 6.07) is 1.90. The SMILES string of the molecule is Cc1cc2ncc(CNNC(=O)OC(C)(C)C)cn2n1. The minimum atomic E-state index is -0.515. The van der Waals surface area contributed by atoms with Crippen molar-refractivity contribution in [1.29, 1.82) is 0 Å². The van der Waals surface area contributed by atoms with E-state index >= 15 is 0 Å². The fourth-order valence-electron chi connectivity index (χ4n) is 1.65. The molecule has 2 heterocycles. The molecule has 0 saturated carbocycles. The Hall–Kier alpha value is -2.15. The molecule has 0 spiro atoms. The molecule has 0 bridgehead atoms. The Morgan fingerprint density at radius 3 is 2.90 bits per heavy atom. The largest absolute Gasteiger partial charge is 0.443 e. The van der Waals surface area contributed by atoms with E-state index in [1.807, 2.05) is 40.0 Å². The van der Waals surface area contributed by atoms with Gasteiger partial charge in [0, 0.05) is 30.6 Å². The van der Waals surface area contributed by atoms with E-state index in [0.29, 0.717) is 6.54 Å². The van der Waals surface area contributed by atoms with Crippen molar-refractivity contribution in [3.8, 4) is 0 Å². The summed E-state index contributed by atoms with van der Waals surface area (Å²) in [7, 11) is 0. The minimum Gasteiger partial charge on any atom is -0.443 e. The van der Waals surface area contributed by atoms with Gasteiger partial charge in [0.2, 0.25) is 0 Å². The van der Waals surface area contributed by atoms with E-state index in [-0.39, 0.29) is 0 Å². The second-order valence-electron chi connectivity index (χ2n) is 5.53. The third-order valence-corrected chi connectivity index (χ3v) is 2.37. The van der Waals surface area contributed by atoms with Gasteiger partial charge in [0.15, 0.2) is 5.65 Å². The maximum Gasteiger partial charge on any atom is 0.422 e. The molecule has 0 aromatic carbocycles. The van der Waals surface area contributed by atoms with Gasteiger partial charge in [0.25, 0.3) is 0 Å². The van der Waals surface area contributed by atoms with Crippen molar-refractivity contribution in [2.75, 3.05) is 0 Å². The van der Waals surface area contributed by atoms with Crippen molar-refractivity contribution in [3.05, 3.63) is 29.7 Å². The summed E-state index contributed by atoms with van der Waals surface area (Å²) in [6.45, 7) is 7.77. The van der Waals surface area contributed by atoms with Gasteiger partial charge in [-0.2, -0.15) is 5.10 Å². The molecule has 7 heteroatoms. The Balaban J connectivity index is 1.88. The molecule has 0 unspecified atom stereocenters. The van der Waals surface area contributed by atoms with Crippen LogP contribution in [0.5, 0.6) is 0 Å². The Labute approximate surface area is 117 Å². The second-order valence-corrected chi connectivity index (χ2v) is 5.53. The molecule has 2 N–H and O–H groups in total. The van der Waals surface area contributed by atoms with Gasteiger partial charge in [-0.25, -0.2) is 19.7 Å². The van der Waals surface area contributed by atoms with Crippen LogP contribution >= 0.6 is 0 Å². The molecule has 7 nitrogen and oxygen atoms in total. The van der Waals surface area contributed by atoms with E-state index in [1.54, 1.807) is 10.7 Å². The molecule has 0 saturated heterocycles. The molecule has 108 valence electrons. The summed E-state index contributed by atoms with van der Waals surface area (Å²) in [5.74, 6) is 0. The Morgan fingerprint density at radius 1 is 1.45 bits per heavy atom. The first-order chi connectivity index (χ1) is 9.33. The highest BCUT2D eigenvalue weighted by atomic mass is 16.6. The Morgan fingerprint density at radius 2 is 2.20 bits per heavy atom. The number of aromatic nitrogens is 3. The summed E-state index contributed by atoms with van der Waals surface area (Å²) in [5.41, 5.74) is 7.36. The van der Waals surface area contributed by atoms with Crippen LogP contribution in [-0.2, 0) is 11.3 Å². The van der Waals surface area contributed by atoms with Crippen LogP contribution in [0.2, 0.25) is 0 Å². The lowest BCUT2D eigenvalue weighted by Gasteiger charge is -2.19. The fourth-order valence-corrected chi connectivity index (χ4v) is 1.65. The molecule has 0 aliphatic rings. The molecule has 0 radical (unpaired) electrons. The number of carbonyl (C=O) groups is 1. The zero-order valence-corrected chi connectivity index (χ0v) is 12.1. The number of rotatable bonds is 3. The number of hydrogen-bond acceptors (Lipinski definition) is 5. The van der Waals surface area contributed by atoms with Gasteiger partial charge < -0.3 is 4.74 Å². The summed E-state index contributed by atoms with van der Waals surface area (Å²) >= 11 is 0. The Bertz CT molecular complexity index is 615. The van der Waals surface area contributed by atoms with Crippen LogP contribution < -0.4 is 10.9 Å². The number of nitrogens with zero attached hydrogens (tertiary/aromatic N) is 3. The predicted octanol–water partition coefficient (Wildman–Crippen LogP) is 1.57. The van der Waals surface area contributed by atoms with Crippen LogP contribution in [0.3, 0.4) is 0 Å². The van der Waals surface area contributed by atoms with Gasteiger partial charge in [0.1, 0.15) is 5.60 Å². The third kappa shape index (κ3) is 3.92. The molecule has 0 atom stereocenters. The molecule has 0 aliphatic carbocycles. The van der Waals surface area contributed by atoms with E-state index in [2.05, 4.69) is 20.9 Å². The smallest absolute Gasteiger partial charge is 0.422 e. The van der Waals surface area contributed by atoms with Gasteiger partial charge >= 0.3 is 6.09 Å². The van der Waals surface area contributed by atoms with Crippen LogP contribution in [0, 0.1) is 6.92 Å². The van der Waals surface area contributed by atoms with Crippen molar-refractivity contribution in [1.82, 2.24) is 25.4 Å². The lowest BCUT2D eigenvalue weighted by Crippen LogP contribution is -2.40. The highest BCUT2D eigenvalue weighted by Gasteiger charge is 2.15. The van der Waals surface area contributed by atoms with Gasteiger partial charge in [-0.05, 0) is 27.7 Å². The molecule has 20 heavy (non-hydrogen) atoms. The molecule has 0 fully saturated rings. The number of hydrazine groups is 1. The lowest BCUT2D eigenvalue weighted by molar-refractivity contribution is 0.0497. The highest BCUT2D eigenvalue weighted by Crippen LogP contribution is 2.06. The highest BCUT2D eigenvalue weighted by molar-refractivity contribution is 5.66. The lowest BCUT2D eigenvalue weighted by atomic mass is 10.2. The second kappa shape index (κ2) is 5.46. The van der Waals surface area contributed by atoms with Crippen molar-refractivity contribution in [2.24, 2.45) is 0 Å². The van der Waals surface area contributed by atoms with Crippen molar-refractivity contribution in [2.45, 2.75) is 39.8 Å². The normalized spacial score (nSPS) is 11.6. The number of carbonyl (C=O) groups excluding carboxylic acids is 1. The molecule has 2 aromatic heterocycles. The standard InChI is InChI=1S/C13H19N5O2/c1-9-5-11-14-6-10(8-18(11)17-9)7-15-16-12(19)20-13(2,3)4/h5-6,8,15H,7H2,1-4H3,(H,16,19). The first-order valence-corrected chi connectivity index (χ1v) is 6.36. The van der Waals surface area contributed by atoms with Crippen molar-refractivity contribution in [3.63, 3.8) is 0 Å². The maximum atomic E-state index is 11.4. The fraction of sp³-hybridized carbons (Fsp3) is 0.462. The van der Waals surface area contributed by atoms with Gasteiger partial charge in [-0.3, -0.25) is 5.43 Å². The summed E-state index contributed by atoms with van der Waals surface area (Å²) in [4.78, 5) is 15.7. The summed E-state index contributed by atoms with van der Waals surface area (Å²) < 4.78 is 6.81. The van der Waals surface area contributed by atoms with Crippen LogP contribution in [0.4, 0.5) is 4.79 Å². The quantitative estimate of drug-likeness (QED) is 0.832. The summed E-state index contributed by atoms with van der Waals surface area (Å²) in [5, 5.41) is 4.28. The van der Waals surface area contributed by atoms with E-state index in [1.165, 1.54) is 0 Å². The van der Waals surface area contributed by atoms with E-state index < -0.39 is 11.7 Å². The molecule has 2 aromatic rings. The maximum absolute atomic E-state index is 11.4. The van der Waals surface area contributed by atoms with Gasteiger partial charge in [0.05, 0.1) is 5.69 Å². The van der Waals surface area contributed by atoms with Gasteiger partial charge in [-0.15, -0.1) is 0 Å². The van der Waals surface area contributed by atoms with Crippen LogP contribution in [0.15, 0.2) is 18.5 Å². The van der Waals surface area contributed by atoms with Gasteiger partial charge in [-0.1, -0.05) is 0 Å². The summed E-state index contributed by atoms with van der Waals surface area (Å²) in [6.07, 6.45) is 3.08. The molecule has 2 rings (SSSR count). The molecule has 1 amide bonds. The average Bonchev–Trinajstić information content (AvgIpc) is 2.66. The molecular formula is C13H19N5O2. The number of fused-ring (bicyclic) bond motifs is 1. The first-order valence-electron chi connectivity index (χ1n) is 6.36. The number of hydrogen-bond donors (Lipinski definition) is 2. The van der Waals surface area contributed by atoms with Crippen LogP contribution in [-0.4, -0.2) is 26.3 Å². The molecule has 0 aliphatic heterocycles. The zero-order valence-electron chi connectivity index (χ0n) is 12.1. The predicted molar refractivity (Wildman–Crippen MR) is 73.9 cm³/mol. The number of amides is 1. The Kier molecular flexibility index (Phi) is 3.89. The first kappa shape index (κ1) is 14.3. The molecular weight excluding hydrogens is 258 g/mol. The average molecular weight is 277 g/mol. The monoisotopic (exact) mass is 277 g/mol. The minimum absolute atomic E-state index is 0.432. The number of nitrogens with one attached hydrogen (secondary N) is 2. The van der Waals surface area contributed by atoms with Crippen LogP contribution in [0.25, 0.3) is 5.65 Å². The number of aryl methyl sites for hydroxylation is 1.